The molecule has 0 aliphatic carbocycles. The second kappa shape index (κ2) is 8.15. The molecule has 0 bridgehead atoms. The average molecular weight is 454 g/mol. The minimum Gasteiger partial charge on any atom is -0.476 e. The summed E-state index contributed by atoms with van der Waals surface area (Å²) in [6.45, 7) is 3.80. The summed E-state index contributed by atoms with van der Waals surface area (Å²) in [4.78, 5) is 28.6. The van der Waals surface area contributed by atoms with E-state index < -0.39 is 5.97 Å². The zero-order valence-electron chi connectivity index (χ0n) is 18.9. The standard InChI is InChI=1S/C26H22N4O4/c1-14-9-18(15(2)28-21-5-4-8-27-24(21)26(32)33)25-19(10-14)22(31)12-23(34-25)16-6-7-20-17(11-16)13-30(3)29-20/h4-13,15,28H,1-3H3,(H,32,33). The number of aromatic carboxylic acids is 1. The van der Waals surface area contributed by atoms with E-state index in [2.05, 4.69) is 15.4 Å². The molecule has 0 aliphatic heterocycles. The lowest BCUT2D eigenvalue weighted by atomic mass is 10.0. The number of fused-ring (bicyclic) bond motifs is 2. The van der Waals surface area contributed by atoms with Crippen molar-refractivity contribution in [2.24, 2.45) is 7.05 Å². The van der Waals surface area contributed by atoms with Gasteiger partial charge in [-0.05, 0) is 55.8 Å². The predicted octanol–water partition coefficient (Wildman–Crippen LogP) is 4.92. The highest BCUT2D eigenvalue weighted by Crippen LogP contribution is 2.31. The summed E-state index contributed by atoms with van der Waals surface area (Å²) in [5, 5.41) is 18.5. The number of benzene rings is 2. The van der Waals surface area contributed by atoms with Crippen LogP contribution in [-0.2, 0) is 7.05 Å². The molecule has 8 heteroatoms. The van der Waals surface area contributed by atoms with Crippen molar-refractivity contribution in [3.05, 3.63) is 88.0 Å². The number of carbonyl (C=O) groups is 1. The van der Waals surface area contributed by atoms with Gasteiger partial charge in [-0.15, -0.1) is 0 Å². The summed E-state index contributed by atoms with van der Waals surface area (Å²) in [5.41, 5.74) is 3.90. The molecule has 1 unspecified atom stereocenters. The Kier molecular flexibility index (Phi) is 5.13. The van der Waals surface area contributed by atoms with Gasteiger partial charge >= 0.3 is 5.97 Å². The van der Waals surface area contributed by atoms with E-state index in [1.165, 1.54) is 12.3 Å². The quantitative estimate of drug-likeness (QED) is 0.388. The molecule has 0 saturated heterocycles. The Morgan fingerprint density at radius 2 is 2.00 bits per heavy atom. The molecule has 170 valence electrons. The molecule has 0 spiro atoms. The number of aryl methyl sites for hydroxylation is 2. The Labute approximate surface area is 194 Å². The number of aromatic nitrogens is 3. The van der Waals surface area contributed by atoms with Gasteiger partial charge in [-0.3, -0.25) is 9.48 Å². The van der Waals surface area contributed by atoms with Gasteiger partial charge in [-0.1, -0.05) is 6.07 Å². The molecule has 1 atom stereocenters. The van der Waals surface area contributed by atoms with E-state index in [1.54, 1.807) is 22.9 Å². The number of pyridine rings is 1. The first-order chi connectivity index (χ1) is 16.3. The van der Waals surface area contributed by atoms with Gasteiger partial charge in [0.1, 0.15) is 11.3 Å². The largest absolute Gasteiger partial charge is 0.476 e. The molecule has 0 aliphatic rings. The average Bonchev–Trinajstić information content (AvgIpc) is 3.18. The van der Waals surface area contributed by atoms with Crippen LogP contribution in [0.5, 0.6) is 0 Å². The number of nitrogens with zero attached hydrogens (tertiary/aromatic N) is 3. The second-order valence-electron chi connectivity index (χ2n) is 8.35. The van der Waals surface area contributed by atoms with Gasteiger partial charge in [0.05, 0.1) is 22.6 Å². The third kappa shape index (κ3) is 3.79. The van der Waals surface area contributed by atoms with E-state index in [0.29, 0.717) is 22.4 Å². The SMILES string of the molecule is Cc1cc(C(C)Nc2cccnc2C(=O)O)c2oc(-c3ccc4nn(C)cc4c3)cc(=O)c2c1. The van der Waals surface area contributed by atoms with Crippen molar-refractivity contribution in [3.63, 3.8) is 0 Å². The van der Waals surface area contributed by atoms with Crippen molar-refractivity contribution in [2.45, 2.75) is 19.9 Å². The molecule has 3 aromatic heterocycles. The molecule has 3 heterocycles. The van der Waals surface area contributed by atoms with Crippen molar-refractivity contribution in [1.29, 1.82) is 0 Å². The Morgan fingerprint density at radius 1 is 1.18 bits per heavy atom. The van der Waals surface area contributed by atoms with Gasteiger partial charge in [0.2, 0.25) is 0 Å². The van der Waals surface area contributed by atoms with E-state index in [4.69, 9.17) is 4.42 Å². The van der Waals surface area contributed by atoms with Gasteiger partial charge in [0.15, 0.2) is 11.1 Å². The highest BCUT2D eigenvalue weighted by molar-refractivity contribution is 5.92. The molecule has 2 aromatic carbocycles. The topological polar surface area (TPSA) is 110 Å². The fourth-order valence-electron chi connectivity index (χ4n) is 4.20. The van der Waals surface area contributed by atoms with Crippen molar-refractivity contribution >= 4 is 33.5 Å². The van der Waals surface area contributed by atoms with Gasteiger partial charge in [-0.25, -0.2) is 9.78 Å². The van der Waals surface area contributed by atoms with Crippen molar-refractivity contribution < 1.29 is 14.3 Å². The van der Waals surface area contributed by atoms with E-state index in [9.17, 15) is 14.7 Å². The van der Waals surface area contributed by atoms with Crippen molar-refractivity contribution in [1.82, 2.24) is 14.8 Å². The van der Waals surface area contributed by atoms with Gasteiger partial charge < -0.3 is 14.8 Å². The third-order valence-electron chi connectivity index (χ3n) is 5.75. The van der Waals surface area contributed by atoms with Crippen LogP contribution in [-0.4, -0.2) is 25.8 Å². The van der Waals surface area contributed by atoms with Crippen LogP contribution in [0.4, 0.5) is 5.69 Å². The number of hydrogen-bond donors (Lipinski definition) is 2. The Morgan fingerprint density at radius 3 is 2.79 bits per heavy atom. The summed E-state index contributed by atoms with van der Waals surface area (Å²) in [6, 6.07) is 13.9. The lowest BCUT2D eigenvalue weighted by Gasteiger charge is -2.19. The number of carboxylic acid groups (broad SMARTS) is 1. The molecule has 0 radical (unpaired) electrons. The lowest BCUT2D eigenvalue weighted by Crippen LogP contribution is -2.13. The lowest BCUT2D eigenvalue weighted by molar-refractivity contribution is 0.0691. The van der Waals surface area contributed by atoms with Gasteiger partial charge in [0, 0.05) is 42.0 Å². The fourth-order valence-corrected chi connectivity index (χ4v) is 4.20. The maximum absolute atomic E-state index is 13.1. The Balaban J connectivity index is 1.64. The molecule has 5 rings (SSSR count). The summed E-state index contributed by atoms with van der Waals surface area (Å²) >= 11 is 0. The zero-order chi connectivity index (χ0) is 24.0. The van der Waals surface area contributed by atoms with E-state index in [1.807, 2.05) is 51.4 Å². The summed E-state index contributed by atoms with van der Waals surface area (Å²) in [6.07, 6.45) is 3.35. The predicted molar refractivity (Wildman–Crippen MR) is 130 cm³/mol. The minimum atomic E-state index is -1.12. The molecular weight excluding hydrogens is 432 g/mol. The first-order valence-corrected chi connectivity index (χ1v) is 10.8. The number of carboxylic acids is 1. The van der Waals surface area contributed by atoms with Crippen LogP contribution in [0.1, 0.15) is 34.6 Å². The second-order valence-corrected chi connectivity index (χ2v) is 8.35. The van der Waals surface area contributed by atoms with Crippen LogP contribution < -0.4 is 10.7 Å². The highest BCUT2D eigenvalue weighted by Gasteiger charge is 2.19. The third-order valence-corrected chi connectivity index (χ3v) is 5.75. The maximum Gasteiger partial charge on any atom is 0.356 e. The molecule has 34 heavy (non-hydrogen) atoms. The number of nitrogens with one attached hydrogen (secondary N) is 1. The highest BCUT2D eigenvalue weighted by atomic mass is 16.4. The molecule has 0 saturated carbocycles. The Bertz CT molecular complexity index is 1630. The van der Waals surface area contributed by atoms with Gasteiger partial charge in [-0.2, -0.15) is 5.10 Å². The van der Waals surface area contributed by atoms with E-state index >= 15 is 0 Å². The van der Waals surface area contributed by atoms with Crippen LogP contribution >= 0.6 is 0 Å². The maximum atomic E-state index is 13.1. The van der Waals surface area contributed by atoms with Crippen LogP contribution in [0.2, 0.25) is 0 Å². The summed E-state index contributed by atoms with van der Waals surface area (Å²) in [5.74, 6) is -0.669. The van der Waals surface area contributed by atoms with Crippen LogP contribution in [0.15, 0.2) is 70.1 Å². The van der Waals surface area contributed by atoms with Gasteiger partial charge in [0.25, 0.3) is 0 Å². The first kappa shape index (κ1) is 21.4. The van der Waals surface area contributed by atoms with Crippen LogP contribution in [0.3, 0.4) is 0 Å². The molecular formula is C26H22N4O4. The number of anilines is 1. The van der Waals surface area contributed by atoms with Crippen LogP contribution in [0, 0.1) is 6.92 Å². The molecule has 8 nitrogen and oxygen atoms in total. The van der Waals surface area contributed by atoms with Crippen molar-refractivity contribution in [3.8, 4) is 11.3 Å². The van der Waals surface area contributed by atoms with E-state index in [0.717, 1.165) is 27.6 Å². The summed E-state index contributed by atoms with van der Waals surface area (Å²) < 4.78 is 8.05. The van der Waals surface area contributed by atoms with Crippen LogP contribution in [0.25, 0.3) is 33.2 Å². The number of rotatable bonds is 5. The molecule has 5 aromatic rings. The monoisotopic (exact) mass is 454 g/mol. The normalized spacial score (nSPS) is 12.2. The molecule has 0 amide bonds. The first-order valence-electron chi connectivity index (χ1n) is 10.8. The fraction of sp³-hybridized carbons (Fsp3) is 0.154. The smallest absolute Gasteiger partial charge is 0.356 e. The van der Waals surface area contributed by atoms with E-state index in [-0.39, 0.29) is 17.2 Å². The molecule has 0 fully saturated rings. The number of hydrogen-bond acceptors (Lipinski definition) is 6. The zero-order valence-corrected chi connectivity index (χ0v) is 18.9. The minimum absolute atomic E-state index is 0.0711. The van der Waals surface area contributed by atoms with Crippen molar-refractivity contribution in [2.75, 3.05) is 5.32 Å². The Hall–Kier alpha value is -4.46. The molecule has 2 N–H and O–H groups in total. The summed E-state index contributed by atoms with van der Waals surface area (Å²) in [7, 11) is 1.86.